The normalized spacial score (nSPS) is 12.7. The number of hydrogen-bond donors (Lipinski definition) is 0. The molecule has 0 saturated heterocycles. The van der Waals surface area contributed by atoms with Crippen molar-refractivity contribution < 1.29 is 18.7 Å². The Labute approximate surface area is 192 Å². The Bertz CT molecular complexity index is 1030. The van der Waals surface area contributed by atoms with E-state index in [9.17, 15) is 0 Å². The van der Waals surface area contributed by atoms with E-state index in [0.717, 1.165) is 23.0 Å². The Morgan fingerprint density at radius 1 is 1.09 bits per heavy atom. The van der Waals surface area contributed by atoms with Gasteiger partial charge in [0.1, 0.15) is 0 Å². The molecule has 1 unspecified atom stereocenters. The van der Waals surface area contributed by atoms with E-state index in [-0.39, 0.29) is 10.7 Å². The number of aromatic nitrogens is 5. The molecule has 0 radical (unpaired) electrons. The lowest BCUT2D eigenvalue weighted by molar-refractivity contribution is 0.189. The van der Waals surface area contributed by atoms with E-state index >= 15 is 0 Å². The van der Waals surface area contributed by atoms with Crippen LogP contribution in [-0.4, -0.2) is 52.8 Å². The van der Waals surface area contributed by atoms with Crippen molar-refractivity contribution in [2.45, 2.75) is 56.5 Å². The first-order valence-electron chi connectivity index (χ1n) is 10.4. The van der Waals surface area contributed by atoms with Crippen molar-refractivity contribution >= 4 is 11.8 Å². The second-order valence-electron chi connectivity index (χ2n) is 8.34. The lowest BCUT2D eigenvalue weighted by Crippen LogP contribution is -2.13. The van der Waals surface area contributed by atoms with Crippen LogP contribution in [0.4, 0.5) is 0 Å². The van der Waals surface area contributed by atoms with Crippen LogP contribution in [0.3, 0.4) is 0 Å². The summed E-state index contributed by atoms with van der Waals surface area (Å²) in [6, 6.07) is 5.72. The summed E-state index contributed by atoms with van der Waals surface area (Å²) in [6.45, 7) is 9.54. The molecular weight excluding hydrogens is 430 g/mol. The molecule has 0 bridgehead atoms. The minimum Gasteiger partial charge on any atom is -0.493 e. The van der Waals surface area contributed by atoms with Gasteiger partial charge in [0.15, 0.2) is 28.3 Å². The third-order valence-corrected chi connectivity index (χ3v) is 5.90. The van der Waals surface area contributed by atoms with Gasteiger partial charge in [0, 0.05) is 31.2 Å². The highest BCUT2D eigenvalue weighted by Crippen LogP contribution is 2.37. The van der Waals surface area contributed by atoms with Crippen LogP contribution in [0.25, 0.3) is 11.4 Å². The smallest absolute Gasteiger partial charge is 0.239 e. The zero-order valence-electron chi connectivity index (χ0n) is 19.7. The van der Waals surface area contributed by atoms with E-state index in [4.69, 9.17) is 18.7 Å². The Hall–Kier alpha value is -2.59. The molecule has 174 valence electrons. The topological polar surface area (TPSA) is 97.3 Å². The highest BCUT2D eigenvalue weighted by molar-refractivity contribution is 7.99. The predicted molar refractivity (Wildman–Crippen MR) is 122 cm³/mol. The fourth-order valence-electron chi connectivity index (χ4n) is 3.05. The lowest BCUT2D eigenvalue weighted by atomic mass is 9.96. The van der Waals surface area contributed by atoms with Crippen molar-refractivity contribution in [1.29, 1.82) is 0 Å². The number of benzene rings is 1. The number of rotatable bonds is 10. The number of ether oxygens (including phenoxy) is 3. The van der Waals surface area contributed by atoms with Gasteiger partial charge in [-0.05, 0) is 31.5 Å². The van der Waals surface area contributed by atoms with Gasteiger partial charge in [-0.2, -0.15) is 4.98 Å². The van der Waals surface area contributed by atoms with Gasteiger partial charge in [-0.3, -0.25) is 0 Å². The van der Waals surface area contributed by atoms with Crippen molar-refractivity contribution in [2.75, 3.05) is 27.9 Å². The van der Waals surface area contributed by atoms with Crippen LogP contribution in [0.5, 0.6) is 11.5 Å². The molecule has 0 saturated carbocycles. The first-order chi connectivity index (χ1) is 15.3. The minimum atomic E-state index is -0.174. The molecular formula is C22H31N5O4S. The summed E-state index contributed by atoms with van der Waals surface area (Å²) in [5.41, 5.74) is 0.715. The predicted octanol–water partition coefficient (Wildman–Crippen LogP) is 4.53. The molecule has 1 aromatic carbocycles. The third kappa shape index (κ3) is 5.42. The van der Waals surface area contributed by atoms with Crippen LogP contribution in [0.15, 0.2) is 27.9 Å². The Morgan fingerprint density at radius 3 is 2.47 bits per heavy atom. The van der Waals surface area contributed by atoms with Crippen molar-refractivity contribution in [2.24, 2.45) is 0 Å². The van der Waals surface area contributed by atoms with Crippen molar-refractivity contribution in [3.8, 4) is 22.9 Å². The molecule has 3 rings (SSSR count). The van der Waals surface area contributed by atoms with Crippen LogP contribution >= 0.6 is 11.8 Å². The van der Waals surface area contributed by atoms with Gasteiger partial charge < -0.3 is 23.3 Å². The monoisotopic (exact) mass is 461 g/mol. The van der Waals surface area contributed by atoms with Crippen molar-refractivity contribution in [1.82, 2.24) is 24.9 Å². The van der Waals surface area contributed by atoms with E-state index in [1.54, 1.807) is 21.3 Å². The minimum absolute atomic E-state index is 0.0813. The number of methoxy groups -OCH3 is 3. The largest absolute Gasteiger partial charge is 0.493 e. The summed E-state index contributed by atoms with van der Waals surface area (Å²) >= 11 is 1.53. The fraction of sp³-hybridized carbons (Fsp3) is 0.545. The lowest BCUT2D eigenvalue weighted by Gasteiger charge is -2.13. The molecule has 2 aromatic heterocycles. The first-order valence-corrected chi connectivity index (χ1v) is 11.3. The van der Waals surface area contributed by atoms with Crippen LogP contribution in [-0.2, 0) is 16.7 Å². The molecule has 0 amide bonds. The maximum Gasteiger partial charge on any atom is 0.239 e. The van der Waals surface area contributed by atoms with Gasteiger partial charge in [0.25, 0.3) is 0 Å². The Balaban J connectivity index is 1.91. The number of thioether (sulfide) groups is 1. The van der Waals surface area contributed by atoms with Crippen molar-refractivity contribution in [3.63, 3.8) is 0 Å². The quantitative estimate of drug-likeness (QED) is 0.318. The molecule has 10 heteroatoms. The van der Waals surface area contributed by atoms with E-state index in [1.807, 2.05) is 25.1 Å². The van der Waals surface area contributed by atoms with Gasteiger partial charge in [0.05, 0.1) is 19.5 Å². The van der Waals surface area contributed by atoms with Crippen molar-refractivity contribution in [3.05, 3.63) is 29.9 Å². The molecule has 0 spiro atoms. The zero-order valence-corrected chi connectivity index (χ0v) is 20.5. The van der Waals surface area contributed by atoms with E-state index in [1.165, 1.54) is 11.8 Å². The molecule has 0 aliphatic rings. The highest BCUT2D eigenvalue weighted by atomic mass is 32.2. The maximum absolute atomic E-state index is 5.52. The molecule has 0 aliphatic heterocycles. The molecule has 2 heterocycles. The maximum atomic E-state index is 5.52. The zero-order chi connectivity index (χ0) is 23.3. The summed E-state index contributed by atoms with van der Waals surface area (Å²) < 4.78 is 23.7. The highest BCUT2D eigenvalue weighted by Gasteiger charge is 2.25. The molecule has 0 fully saturated rings. The van der Waals surface area contributed by atoms with Gasteiger partial charge in [-0.1, -0.05) is 37.7 Å². The van der Waals surface area contributed by atoms with Crippen LogP contribution in [0, 0.1) is 0 Å². The number of hydrogen-bond acceptors (Lipinski definition) is 9. The van der Waals surface area contributed by atoms with Gasteiger partial charge in [-0.25, -0.2) is 0 Å². The second kappa shape index (κ2) is 10.4. The summed E-state index contributed by atoms with van der Waals surface area (Å²) in [5, 5.41) is 13.8. The molecule has 0 N–H and O–H groups in total. The average Bonchev–Trinajstić information content (AvgIpc) is 3.41. The molecule has 3 aromatic rings. The standard InChI is InChI=1S/C22H31N5O4S/c1-14(19-23-20(26-31-19)22(2,3)4)32-21-25-24-18(27(21)11-8-12-28-5)15-9-10-16(29-6)17(13-15)30-7/h9-10,13-14H,8,11-12H2,1-7H3. The van der Waals surface area contributed by atoms with Crippen LogP contribution in [0.2, 0.25) is 0 Å². The molecule has 1 atom stereocenters. The molecule has 9 nitrogen and oxygen atoms in total. The third-order valence-electron chi connectivity index (χ3n) is 4.83. The van der Waals surface area contributed by atoms with Gasteiger partial charge in [0.2, 0.25) is 5.89 Å². The Kier molecular flexibility index (Phi) is 7.78. The average molecular weight is 462 g/mol. The second-order valence-corrected chi connectivity index (χ2v) is 9.65. The van der Waals surface area contributed by atoms with E-state index in [0.29, 0.717) is 36.4 Å². The van der Waals surface area contributed by atoms with Crippen LogP contribution < -0.4 is 9.47 Å². The summed E-state index contributed by atoms with van der Waals surface area (Å²) in [4.78, 5) is 4.58. The Morgan fingerprint density at radius 2 is 1.84 bits per heavy atom. The van der Waals surface area contributed by atoms with E-state index in [2.05, 4.69) is 45.7 Å². The summed E-state index contributed by atoms with van der Waals surface area (Å²) in [7, 11) is 4.93. The molecule has 0 aliphatic carbocycles. The summed E-state index contributed by atoms with van der Waals surface area (Å²) in [6.07, 6.45) is 0.825. The summed E-state index contributed by atoms with van der Waals surface area (Å²) in [5.74, 6) is 3.31. The van der Waals surface area contributed by atoms with E-state index < -0.39 is 0 Å². The number of nitrogens with zero attached hydrogens (tertiary/aromatic N) is 5. The van der Waals surface area contributed by atoms with Gasteiger partial charge >= 0.3 is 0 Å². The van der Waals surface area contributed by atoms with Gasteiger partial charge in [-0.15, -0.1) is 10.2 Å². The first kappa shape index (κ1) is 24.1. The molecule has 32 heavy (non-hydrogen) atoms. The SMILES string of the molecule is COCCCn1c(SC(C)c2nc(C(C)(C)C)no2)nnc1-c1ccc(OC)c(OC)c1. The fourth-order valence-corrected chi connectivity index (χ4v) is 3.95. The van der Waals surface area contributed by atoms with Crippen LogP contribution in [0.1, 0.15) is 51.1 Å².